The first-order valence-electron chi connectivity index (χ1n) is 8.11. The van der Waals surface area contributed by atoms with E-state index < -0.39 is 0 Å². The fourth-order valence-electron chi connectivity index (χ4n) is 3.02. The average molecular weight is 292 g/mol. The van der Waals surface area contributed by atoms with E-state index in [0.29, 0.717) is 5.41 Å². The van der Waals surface area contributed by atoms with Crippen LogP contribution in [0.4, 0.5) is 0 Å². The molecule has 1 fully saturated rings. The van der Waals surface area contributed by atoms with Gasteiger partial charge < -0.3 is 4.74 Å². The number of hydrogen-bond acceptors (Lipinski definition) is 2. The Hall–Kier alpha value is -0.630. The normalized spacial score (nSPS) is 17.9. The first-order valence-corrected chi connectivity index (χ1v) is 8.74. The molecule has 1 aromatic carbocycles. The summed E-state index contributed by atoms with van der Waals surface area (Å²) < 4.78 is 6.05. The van der Waals surface area contributed by atoms with E-state index in [1.165, 1.54) is 56.9 Å². The zero-order valence-electron chi connectivity index (χ0n) is 12.7. The molecule has 0 radical (unpaired) electrons. The van der Waals surface area contributed by atoms with Gasteiger partial charge in [0.2, 0.25) is 0 Å². The third-order valence-electron chi connectivity index (χ3n) is 4.54. The fourth-order valence-corrected chi connectivity index (χ4v) is 3.43. The van der Waals surface area contributed by atoms with Crippen molar-refractivity contribution in [1.29, 1.82) is 0 Å². The predicted molar refractivity (Wildman–Crippen MR) is 89.9 cm³/mol. The van der Waals surface area contributed by atoms with Crippen LogP contribution in [0.2, 0.25) is 0 Å². The Kier molecular flexibility index (Phi) is 6.28. The number of hydrogen-bond donors (Lipinski definition) is 1. The molecule has 0 N–H and O–H groups in total. The van der Waals surface area contributed by atoms with E-state index in [0.717, 1.165) is 18.1 Å². The van der Waals surface area contributed by atoms with Crippen LogP contribution in [0.1, 0.15) is 57.4 Å². The summed E-state index contributed by atoms with van der Waals surface area (Å²) in [4.78, 5) is 0. The predicted octanol–water partition coefficient (Wildman–Crippen LogP) is 5.29. The molecule has 20 heavy (non-hydrogen) atoms. The van der Waals surface area contributed by atoms with Crippen molar-refractivity contribution >= 4 is 12.6 Å². The molecule has 2 heteroatoms. The van der Waals surface area contributed by atoms with Gasteiger partial charge in [-0.2, -0.15) is 12.6 Å². The summed E-state index contributed by atoms with van der Waals surface area (Å²) in [5, 5.41) is 0. The minimum atomic E-state index is 0.308. The van der Waals surface area contributed by atoms with Crippen molar-refractivity contribution < 1.29 is 4.74 Å². The first kappa shape index (κ1) is 15.8. The van der Waals surface area contributed by atoms with Crippen molar-refractivity contribution in [1.82, 2.24) is 0 Å². The first-order chi connectivity index (χ1) is 9.78. The van der Waals surface area contributed by atoms with E-state index in [4.69, 9.17) is 4.74 Å². The van der Waals surface area contributed by atoms with Crippen molar-refractivity contribution in [3.63, 3.8) is 0 Å². The maximum atomic E-state index is 6.05. The van der Waals surface area contributed by atoms with Crippen molar-refractivity contribution in [3.05, 3.63) is 29.8 Å². The standard InChI is InChI=1S/C18H28OS/c1-2-3-7-16-8-10-17(11-9-16)19-14-18(15-20)12-5-4-6-13-18/h8-11,20H,2-7,12-15H2,1H3. The molecule has 0 amide bonds. The number of ether oxygens (including phenoxy) is 1. The molecule has 1 saturated carbocycles. The monoisotopic (exact) mass is 292 g/mol. The van der Waals surface area contributed by atoms with Gasteiger partial charge in [0, 0.05) is 5.41 Å². The van der Waals surface area contributed by atoms with Gasteiger partial charge >= 0.3 is 0 Å². The number of thiol groups is 1. The van der Waals surface area contributed by atoms with Gasteiger partial charge in [0.25, 0.3) is 0 Å². The number of aryl methyl sites for hydroxylation is 1. The molecule has 0 spiro atoms. The summed E-state index contributed by atoms with van der Waals surface area (Å²) in [7, 11) is 0. The lowest BCUT2D eigenvalue weighted by Gasteiger charge is -2.35. The van der Waals surface area contributed by atoms with Gasteiger partial charge in [0.05, 0.1) is 6.61 Å². The van der Waals surface area contributed by atoms with Crippen LogP contribution in [0.15, 0.2) is 24.3 Å². The van der Waals surface area contributed by atoms with Gasteiger partial charge in [-0.25, -0.2) is 0 Å². The lowest BCUT2D eigenvalue weighted by Crippen LogP contribution is -2.32. The molecule has 0 unspecified atom stereocenters. The van der Waals surface area contributed by atoms with Crippen molar-refractivity contribution in [2.45, 2.75) is 58.3 Å². The lowest BCUT2D eigenvalue weighted by molar-refractivity contribution is 0.121. The van der Waals surface area contributed by atoms with Crippen LogP contribution in [-0.4, -0.2) is 12.4 Å². The van der Waals surface area contributed by atoms with E-state index >= 15 is 0 Å². The average Bonchev–Trinajstić information content (AvgIpc) is 2.53. The quantitative estimate of drug-likeness (QED) is 0.672. The topological polar surface area (TPSA) is 9.23 Å². The summed E-state index contributed by atoms with van der Waals surface area (Å²) in [5.41, 5.74) is 1.73. The van der Waals surface area contributed by atoms with E-state index in [2.05, 4.69) is 43.8 Å². The molecule has 1 aliphatic carbocycles. The Balaban J connectivity index is 1.86. The summed E-state index contributed by atoms with van der Waals surface area (Å²) in [6.07, 6.45) is 10.3. The third kappa shape index (κ3) is 4.44. The number of rotatable bonds is 7. The lowest BCUT2D eigenvalue weighted by atomic mass is 9.76. The van der Waals surface area contributed by atoms with Crippen LogP contribution < -0.4 is 4.74 Å². The molecule has 0 aliphatic heterocycles. The van der Waals surface area contributed by atoms with Crippen LogP contribution in [0.25, 0.3) is 0 Å². The molecule has 2 rings (SSSR count). The highest BCUT2D eigenvalue weighted by Gasteiger charge is 2.31. The highest BCUT2D eigenvalue weighted by atomic mass is 32.1. The maximum absolute atomic E-state index is 6.05. The Labute approximate surface area is 129 Å². The summed E-state index contributed by atoms with van der Waals surface area (Å²) in [5.74, 6) is 1.96. The molecule has 0 atom stereocenters. The third-order valence-corrected chi connectivity index (χ3v) is 5.21. The summed E-state index contributed by atoms with van der Waals surface area (Å²) in [6.45, 7) is 3.06. The molecule has 0 saturated heterocycles. The Morgan fingerprint density at radius 3 is 2.40 bits per heavy atom. The molecule has 112 valence electrons. The van der Waals surface area contributed by atoms with Crippen LogP contribution in [-0.2, 0) is 6.42 Å². The number of unbranched alkanes of at least 4 members (excludes halogenated alkanes) is 1. The number of benzene rings is 1. The second-order valence-electron chi connectivity index (χ2n) is 6.25. The largest absolute Gasteiger partial charge is 0.493 e. The minimum Gasteiger partial charge on any atom is -0.493 e. The maximum Gasteiger partial charge on any atom is 0.119 e. The second-order valence-corrected chi connectivity index (χ2v) is 6.57. The molecular formula is C18H28OS. The van der Waals surface area contributed by atoms with E-state index in [1.807, 2.05) is 0 Å². The van der Waals surface area contributed by atoms with Gasteiger partial charge in [-0.05, 0) is 49.1 Å². The van der Waals surface area contributed by atoms with E-state index in [-0.39, 0.29) is 0 Å². The molecule has 0 bridgehead atoms. The van der Waals surface area contributed by atoms with E-state index in [1.54, 1.807) is 0 Å². The zero-order valence-corrected chi connectivity index (χ0v) is 13.6. The highest BCUT2D eigenvalue weighted by Crippen LogP contribution is 2.37. The zero-order chi connectivity index (χ0) is 14.3. The fraction of sp³-hybridized carbons (Fsp3) is 0.667. The van der Waals surface area contributed by atoms with Crippen LogP contribution in [0.3, 0.4) is 0 Å². The van der Waals surface area contributed by atoms with Gasteiger partial charge in [0.1, 0.15) is 5.75 Å². The van der Waals surface area contributed by atoms with Gasteiger partial charge in [-0.15, -0.1) is 0 Å². The molecule has 1 nitrogen and oxygen atoms in total. The smallest absolute Gasteiger partial charge is 0.119 e. The molecule has 0 heterocycles. The van der Waals surface area contributed by atoms with Gasteiger partial charge in [0.15, 0.2) is 0 Å². The summed E-state index contributed by atoms with van der Waals surface area (Å²) in [6, 6.07) is 8.67. The van der Waals surface area contributed by atoms with Crippen molar-refractivity contribution in [2.24, 2.45) is 5.41 Å². The van der Waals surface area contributed by atoms with E-state index in [9.17, 15) is 0 Å². The Morgan fingerprint density at radius 2 is 1.80 bits per heavy atom. The molecule has 1 aliphatic rings. The Morgan fingerprint density at radius 1 is 1.10 bits per heavy atom. The second kappa shape index (κ2) is 7.97. The highest BCUT2D eigenvalue weighted by molar-refractivity contribution is 7.80. The van der Waals surface area contributed by atoms with Crippen molar-refractivity contribution in [2.75, 3.05) is 12.4 Å². The molecular weight excluding hydrogens is 264 g/mol. The minimum absolute atomic E-state index is 0.308. The Bertz CT molecular complexity index is 379. The SMILES string of the molecule is CCCCc1ccc(OCC2(CS)CCCCC2)cc1. The van der Waals surface area contributed by atoms with Crippen LogP contribution in [0, 0.1) is 5.41 Å². The van der Waals surface area contributed by atoms with Crippen molar-refractivity contribution in [3.8, 4) is 5.75 Å². The van der Waals surface area contributed by atoms with Crippen LogP contribution in [0.5, 0.6) is 5.75 Å². The van der Waals surface area contributed by atoms with Gasteiger partial charge in [-0.1, -0.05) is 44.7 Å². The molecule has 1 aromatic rings. The molecule has 0 aromatic heterocycles. The van der Waals surface area contributed by atoms with Gasteiger partial charge in [-0.3, -0.25) is 0 Å². The summed E-state index contributed by atoms with van der Waals surface area (Å²) >= 11 is 4.57. The van der Waals surface area contributed by atoms with Crippen LogP contribution >= 0.6 is 12.6 Å².